The van der Waals surface area contributed by atoms with E-state index in [1.54, 1.807) is 0 Å². The first kappa shape index (κ1) is 10.8. The van der Waals surface area contributed by atoms with Gasteiger partial charge in [-0.1, -0.05) is 30.3 Å². The molecule has 0 spiro atoms. The highest BCUT2D eigenvalue weighted by Gasteiger charge is 2.46. The van der Waals surface area contributed by atoms with Crippen molar-refractivity contribution in [1.82, 2.24) is 0 Å². The number of benzene rings is 1. The lowest BCUT2D eigenvalue weighted by Crippen LogP contribution is -3.18. The Morgan fingerprint density at radius 3 is 2.82 bits per heavy atom. The number of hydrogen-bond acceptors (Lipinski definition) is 2. The van der Waals surface area contributed by atoms with Gasteiger partial charge in [-0.2, -0.15) is 5.26 Å². The molecule has 2 aliphatic rings. The van der Waals surface area contributed by atoms with Crippen LogP contribution in [-0.2, 0) is 4.74 Å². The van der Waals surface area contributed by atoms with Crippen LogP contribution in [0.15, 0.2) is 30.3 Å². The number of fused-ring (bicyclic) bond motifs is 1. The van der Waals surface area contributed by atoms with Gasteiger partial charge in [-0.15, -0.1) is 0 Å². The van der Waals surface area contributed by atoms with Crippen molar-refractivity contribution in [1.29, 1.82) is 5.26 Å². The molecule has 0 amide bonds. The van der Waals surface area contributed by atoms with E-state index in [1.807, 2.05) is 6.07 Å². The van der Waals surface area contributed by atoms with Crippen molar-refractivity contribution in [3.8, 4) is 6.07 Å². The molecule has 3 nitrogen and oxygen atoms in total. The van der Waals surface area contributed by atoms with E-state index >= 15 is 0 Å². The monoisotopic (exact) mass is 229 g/mol. The van der Waals surface area contributed by atoms with E-state index in [-0.39, 0.29) is 12.3 Å². The second kappa shape index (κ2) is 4.48. The third-order valence-corrected chi connectivity index (χ3v) is 3.96. The van der Waals surface area contributed by atoms with Gasteiger partial charge in [0.25, 0.3) is 0 Å². The maximum atomic E-state index is 9.28. The number of rotatable bonds is 1. The van der Waals surface area contributed by atoms with Gasteiger partial charge in [0.2, 0.25) is 0 Å². The van der Waals surface area contributed by atoms with E-state index in [2.05, 4.69) is 30.3 Å². The van der Waals surface area contributed by atoms with Crippen LogP contribution in [0.2, 0.25) is 0 Å². The summed E-state index contributed by atoms with van der Waals surface area (Å²) in [7, 11) is 0. The molecular weight excluding hydrogens is 212 g/mol. The van der Waals surface area contributed by atoms with E-state index < -0.39 is 0 Å². The van der Waals surface area contributed by atoms with Gasteiger partial charge in [0.05, 0.1) is 0 Å². The number of nitrogens with zero attached hydrogens (tertiary/aromatic N) is 1. The topological polar surface area (TPSA) is 37.5 Å². The zero-order valence-corrected chi connectivity index (χ0v) is 9.80. The Morgan fingerprint density at radius 2 is 2.06 bits per heavy atom. The molecule has 1 aromatic rings. The van der Waals surface area contributed by atoms with E-state index in [0.29, 0.717) is 6.04 Å². The van der Waals surface area contributed by atoms with Crippen molar-refractivity contribution in [3.05, 3.63) is 35.9 Å². The number of quaternary nitrogens is 1. The van der Waals surface area contributed by atoms with Crippen LogP contribution in [0.4, 0.5) is 0 Å². The fraction of sp³-hybridized carbons (Fsp3) is 0.500. The summed E-state index contributed by atoms with van der Waals surface area (Å²) in [6.45, 7) is 0.752. The number of nitrogens with one attached hydrogen (secondary N) is 1. The minimum atomic E-state index is 0.0986. The Bertz CT molecular complexity index is 426. The summed E-state index contributed by atoms with van der Waals surface area (Å²) in [4.78, 5) is 1.34. The molecule has 2 aliphatic heterocycles. The van der Waals surface area contributed by atoms with Crippen LogP contribution in [-0.4, -0.2) is 18.9 Å². The van der Waals surface area contributed by atoms with Crippen molar-refractivity contribution in [2.24, 2.45) is 0 Å². The predicted octanol–water partition coefficient (Wildman–Crippen LogP) is 1.04. The molecule has 2 fully saturated rings. The minimum absolute atomic E-state index is 0.0986. The zero-order valence-electron chi connectivity index (χ0n) is 9.80. The van der Waals surface area contributed by atoms with Gasteiger partial charge in [0.1, 0.15) is 18.7 Å². The summed E-state index contributed by atoms with van der Waals surface area (Å²) in [5.41, 5.74) is 1.30. The molecule has 1 N–H and O–H groups in total. The molecule has 3 rings (SSSR count). The van der Waals surface area contributed by atoms with Gasteiger partial charge >= 0.3 is 0 Å². The van der Waals surface area contributed by atoms with Crippen LogP contribution in [0.3, 0.4) is 0 Å². The van der Waals surface area contributed by atoms with Gasteiger partial charge < -0.3 is 4.74 Å². The molecule has 4 atom stereocenters. The molecular formula is C14H17N2O+. The van der Waals surface area contributed by atoms with Gasteiger partial charge in [-0.3, -0.25) is 4.90 Å². The predicted molar refractivity (Wildman–Crippen MR) is 63.1 cm³/mol. The Kier molecular flexibility index (Phi) is 2.84. The van der Waals surface area contributed by atoms with E-state index in [4.69, 9.17) is 4.74 Å². The van der Waals surface area contributed by atoms with Crippen LogP contribution >= 0.6 is 0 Å². The van der Waals surface area contributed by atoms with Crippen molar-refractivity contribution in [3.63, 3.8) is 0 Å². The minimum Gasteiger partial charge on any atom is -0.323 e. The van der Waals surface area contributed by atoms with Crippen molar-refractivity contribution < 1.29 is 9.64 Å². The molecule has 0 bridgehead atoms. The Labute approximate surface area is 102 Å². The summed E-state index contributed by atoms with van der Waals surface area (Å²) in [5.74, 6) is 0. The second-order valence-electron chi connectivity index (χ2n) is 4.90. The van der Waals surface area contributed by atoms with Crippen LogP contribution in [0, 0.1) is 11.3 Å². The van der Waals surface area contributed by atoms with E-state index in [1.165, 1.54) is 10.5 Å². The first-order valence-electron chi connectivity index (χ1n) is 6.33. The average molecular weight is 229 g/mol. The molecule has 3 heteroatoms. The molecule has 17 heavy (non-hydrogen) atoms. The van der Waals surface area contributed by atoms with E-state index in [0.717, 1.165) is 25.9 Å². The molecule has 0 aromatic heterocycles. The molecule has 0 saturated carbocycles. The highest BCUT2D eigenvalue weighted by molar-refractivity contribution is 5.18. The Morgan fingerprint density at radius 1 is 1.24 bits per heavy atom. The fourth-order valence-electron chi connectivity index (χ4n) is 3.13. The van der Waals surface area contributed by atoms with Gasteiger partial charge in [-0.25, -0.2) is 0 Å². The Balaban J connectivity index is 1.89. The number of hydrogen-bond donors (Lipinski definition) is 1. The standard InChI is InChI=1S/C14H16N2O/c15-9-12-7-4-8-14-16(12)13(10-17-14)11-5-2-1-3-6-11/h1-3,5-6,12-14H,4,7-8,10H2/p+1/t12-,13-,14-/m1/s1. The highest BCUT2D eigenvalue weighted by Crippen LogP contribution is 2.22. The molecule has 88 valence electrons. The SMILES string of the molecule is N#C[C@H]1CCC[C@H]2OC[C@H](c3ccccc3)[NH+]12. The summed E-state index contributed by atoms with van der Waals surface area (Å²) in [5, 5.41) is 9.28. The third-order valence-electron chi connectivity index (χ3n) is 3.96. The van der Waals surface area contributed by atoms with Crippen LogP contribution in [0.25, 0.3) is 0 Å². The Hall–Kier alpha value is -1.37. The molecule has 2 saturated heterocycles. The lowest BCUT2D eigenvalue weighted by Gasteiger charge is -2.32. The molecule has 0 aliphatic carbocycles. The van der Waals surface area contributed by atoms with E-state index in [9.17, 15) is 5.26 Å². The molecule has 1 unspecified atom stereocenters. The second-order valence-corrected chi connectivity index (χ2v) is 4.90. The van der Waals surface area contributed by atoms with Gasteiger partial charge in [0, 0.05) is 18.4 Å². The summed E-state index contributed by atoms with van der Waals surface area (Å²) >= 11 is 0. The smallest absolute Gasteiger partial charge is 0.193 e. The molecule has 0 radical (unpaired) electrons. The molecule has 2 heterocycles. The first-order valence-corrected chi connectivity index (χ1v) is 6.33. The average Bonchev–Trinajstić information content (AvgIpc) is 2.83. The van der Waals surface area contributed by atoms with Crippen molar-refractivity contribution in [2.45, 2.75) is 37.6 Å². The largest absolute Gasteiger partial charge is 0.323 e. The van der Waals surface area contributed by atoms with Gasteiger partial charge in [0.15, 0.2) is 12.3 Å². The highest BCUT2D eigenvalue weighted by atomic mass is 16.5. The summed E-state index contributed by atoms with van der Waals surface area (Å²) in [6.07, 6.45) is 3.46. The molecule has 1 aromatic carbocycles. The lowest BCUT2D eigenvalue weighted by atomic mass is 9.98. The number of nitriles is 1. The van der Waals surface area contributed by atoms with Crippen molar-refractivity contribution >= 4 is 0 Å². The maximum Gasteiger partial charge on any atom is 0.193 e. The third kappa shape index (κ3) is 1.84. The van der Waals surface area contributed by atoms with Crippen molar-refractivity contribution in [2.75, 3.05) is 6.61 Å². The van der Waals surface area contributed by atoms with Crippen LogP contribution < -0.4 is 4.90 Å². The number of piperidine rings is 1. The quantitative estimate of drug-likeness (QED) is 0.781. The van der Waals surface area contributed by atoms with Gasteiger partial charge in [-0.05, 0) is 6.42 Å². The number of ether oxygens (including phenoxy) is 1. The first-order chi connectivity index (χ1) is 8.40. The summed E-state index contributed by atoms with van der Waals surface area (Å²) in [6, 6.07) is 13.3. The lowest BCUT2D eigenvalue weighted by molar-refractivity contribution is -0.973. The maximum absolute atomic E-state index is 9.28. The zero-order chi connectivity index (χ0) is 11.7. The fourth-order valence-corrected chi connectivity index (χ4v) is 3.13. The normalized spacial score (nSPS) is 36.2. The summed E-state index contributed by atoms with van der Waals surface area (Å²) < 4.78 is 5.87. The van der Waals surface area contributed by atoms with Crippen LogP contribution in [0.5, 0.6) is 0 Å². The van der Waals surface area contributed by atoms with Crippen LogP contribution in [0.1, 0.15) is 30.9 Å².